The summed E-state index contributed by atoms with van der Waals surface area (Å²) in [7, 11) is 0. The lowest BCUT2D eigenvalue weighted by Gasteiger charge is -2.05. The number of fused-ring (bicyclic) bond motifs is 1. The molecule has 3 aromatic rings. The Kier molecular flexibility index (Phi) is 5.48. The number of hydrogen-bond donors (Lipinski definition) is 2. The van der Waals surface area contributed by atoms with Gasteiger partial charge in [-0.15, -0.1) is 11.8 Å². The summed E-state index contributed by atoms with van der Waals surface area (Å²) in [5.41, 5.74) is 3.46. The Balaban J connectivity index is 1.47. The third-order valence-corrected chi connectivity index (χ3v) is 5.08. The minimum Gasteiger partial charge on any atom is -0.361 e. The second-order valence-corrected chi connectivity index (χ2v) is 7.19. The zero-order valence-corrected chi connectivity index (χ0v) is 15.0. The van der Waals surface area contributed by atoms with Crippen LogP contribution < -0.4 is 5.32 Å². The summed E-state index contributed by atoms with van der Waals surface area (Å²) in [5.74, 6) is 0.487. The average molecular weight is 359 g/mol. The van der Waals surface area contributed by atoms with Crippen LogP contribution in [-0.4, -0.2) is 23.2 Å². The van der Waals surface area contributed by atoms with Gasteiger partial charge in [-0.05, 0) is 49.2 Å². The van der Waals surface area contributed by atoms with Gasteiger partial charge in [-0.1, -0.05) is 29.3 Å². The molecular formula is C19H19ClN2OS. The number of H-pyrrole nitrogens is 1. The fraction of sp³-hybridized carbons (Fsp3) is 0.211. The van der Waals surface area contributed by atoms with Crippen LogP contribution in [0.25, 0.3) is 10.9 Å². The Bertz CT molecular complexity index is 842. The highest BCUT2D eigenvalue weighted by molar-refractivity contribution is 8.00. The van der Waals surface area contributed by atoms with E-state index in [1.165, 1.54) is 11.1 Å². The van der Waals surface area contributed by atoms with Gasteiger partial charge in [-0.3, -0.25) is 4.79 Å². The predicted octanol–water partition coefficient (Wildman–Crippen LogP) is 4.58. The lowest BCUT2D eigenvalue weighted by molar-refractivity contribution is -0.118. The predicted molar refractivity (Wildman–Crippen MR) is 102 cm³/mol. The molecule has 0 radical (unpaired) electrons. The molecule has 0 bridgehead atoms. The molecule has 0 saturated carbocycles. The molecule has 0 aliphatic heterocycles. The van der Waals surface area contributed by atoms with E-state index in [1.54, 1.807) is 11.8 Å². The molecular weight excluding hydrogens is 340 g/mol. The fourth-order valence-electron chi connectivity index (χ4n) is 2.53. The minimum atomic E-state index is 0.0541. The molecule has 1 amide bonds. The van der Waals surface area contributed by atoms with Gasteiger partial charge in [0.15, 0.2) is 0 Å². The highest BCUT2D eigenvalue weighted by atomic mass is 35.5. The lowest BCUT2D eigenvalue weighted by Crippen LogP contribution is -2.27. The van der Waals surface area contributed by atoms with Crippen molar-refractivity contribution in [3.05, 3.63) is 64.8 Å². The van der Waals surface area contributed by atoms with E-state index in [-0.39, 0.29) is 5.91 Å². The van der Waals surface area contributed by atoms with Gasteiger partial charge in [0.2, 0.25) is 5.91 Å². The number of carbonyl (C=O) groups is 1. The van der Waals surface area contributed by atoms with Crippen molar-refractivity contribution in [2.75, 3.05) is 12.3 Å². The van der Waals surface area contributed by atoms with Gasteiger partial charge in [0.25, 0.3) is 0 Å². The van der Waals surface area contributed by atoms with Gasteiger partial charge < -0.3 is 10.3 Å². The number of amides is 1. The molecule has 0 aliphatic rings. The van der Waals surface area contributed by atoms with Gasteiger partial charge in [0.1, 0.15) is 0 Å². The Hall–Kier alpha value is -1.91. The topological polar surface area (TPSA) is 44.9 Å². The maximum atomic E-state index is 12.0. The highest BCUT2D eigenvalue weighted by Crippen LogP contribution is 2.22. The molecule has 0 fully saturated rings. The monoisotopic (exact) mass is 358 g/mol. The summed E-state index contributed by atoms with van der Waals surface area (Å²) >= 11 is 7.61. The van der Waals surface area contributed by atoms with E-state index >= 15 is 0 Å². The van der Waals surface area contributed by atoms with Crippen LogP contribution in [-0.2, 0) is 11.2 Å². The second kappa shape index (κ2) is 7.77. The van der Waals surface area contributed by atoms with E-state index in [2.05, 4.69) is 29.4 Å². The maximum absolute atomic E-state index is 12.0. The van der Waals surface area contributed by atoms with Gasteiger partial charge in [-0.25, -0.2) is 0 Å². The number of hydrogen-bond acceptors (Lipinski definition) is 2. The van der Waals surface area contributed by atoms with Crippen LogP contribution in [0.1, 0.15) is 11.1 Å². The van der Waals surface area contributed by atoms with E-state index in [1.807, 2.05) is 36.5 Å². The largest absolute Gasteiger partial charge is 0.361 e. The van der Waals surface area contributed by atoms with Crippen LogP contribution in [0, 0.1) is 6.92 Å². The number of rotatable bonds is 6. The van der Waals surface area contributed by atoms with E-state index in [4.69, 9.17) is 11.6 Å². The smallest absolute Gasteiger partial charge is 0.230 e. The third-order valence-electron chi connectivity index (χ3n) is 3.84. The number of halogens is 1. The SMILES string of the molecule is Cc1ccc(SCC(=O)NCCc2c[nH]c3ccc(Cl)cc23)cc1. The molecule has 0 saturated heterocycles. The van der Waals surface area contributed by atoms with E-state index < -0.39 is 0 Å². The molecule has 5 heteroatoms. The summed E-state index contributed by atoms with van der Waals surface area (Å²) in [6.07, 6.45) is 2.76. The van der Waals surface area contributed by atoms with Gasteiger partial charge in [0.05, 0.1) is 5.75 Å². The van der Waals surface area contributed by atoms with Crippen LogP contribution >= 0.6 is 23.4 Å². The molecule has 3 rings (SSSR count). The molecule has 2 N–H and O–H groups in total. The van der Waals surface area contributed by atoms with Crippen molar-refractivity contribution in [1.29, 1.82) is 0 Å². The highest BCUT2D eigenvalue weighted by Gasteiger charge is 2.06. The van der Waals surface area contributed by atoms with Crippen molar-refractivity contribution >= 4 is 40.2 Å². The van der Waals surface area contributed by atoms with Crippen molar-refractivity contribution in [3.8, 4) is 0 Å². The van der Waals surface area contributed by atoms with Gasteiger partial charge in [0, 0.05) is 33.6 Å². The van der Waals surface area contributed by atoms with Gasteiger partial charge in [-0.2, -0.15) is 0 Å². The Morgan fingerprint density at radius 2 is 2.00 bits per heavy atom. The first-order valence-corrected chi connectivity index (χ1v) is 9.20. The van der Waals surface area contributed by atoms with Crippen molar-refractivity contribution in [1.82, 2.24) is 10.3 Å². The fourth-order valence-corrected chi connectivity index (χ4v) is 3.43. The molecule has 24 heavy (non-hydrogen) atoms. The molecule has 3 nitrogen and oxygen atoms in total. The summed E-state index contributed by atoms with van der Waals surface area (Å²) in [6.45, 7) is 2.67. The van der Waals surface area contributed by atoms with Crippen LogP contribution in [0.4, 0.5) is 0 Å². The number of carbonyl (C=O) groups excluding carboxylic acids is 1. The summed E-state index contributed by atoms with van der Waals surface area (Å²) in [4.78, 5) is 16.3. The van der Waals surface area contributed by atoms with Crippen molar-refractivity contribution in [3.63, 3.8) is 0 Å². The van der Waals surface area contributed by atoms with Crippen molar-refractivity contribution < 1.29 is 4.79 Å². The first-order chi connectivity index (χ1) is 11.6. The number of aromatic amines is 1. The molecule has 0 spiro atoms. The van der Waals surface area contributed by atoms with Crippen LogP contribution in [0.5, 0.6) is 0 Å². The first-order valence-electron chi connectivity index (χ1n) is 7.83. The van der Waals surface area contributed by atoms with E-state index in [0.29, 0.717) is 12.3 Å². The number of nitrogens with one attached hydrogen (secondary N) is 2. The third kappa shape index (κ3) is 4.34. The summed E-state index contributed by atoms with van der Waals surface area (Å²) in [5, 5.41) is 4.82. The number of aromatic nitrogens is 1. The maximum Gasteiger partial charge on any atom is 0.230 e. The molecule has 124 valence electrons. The molecule has 1 aromatic heterocycles. The Morgan fingerprint density at radius 3 is 2.79 bits per heavy atom. The van der Waals surface area contributed by atoms with Crippen molar-refractivity contribution in [2.24, 2.45) is 0 Å². The number of aryl methyl sites for hydroxylation is 1. The zero-order valence-electron chi connectivity index (χ0n) is 13.4. The Morgan fingerprint density at radius 1 is 1.21 bits per heavy atom. The quantitative estimate of drug-likeness (QED) is 0.633. The molecule has 0 aliphatic carbocycles. The lowest BCUT2D eigenvalue weighted by atomic mass is 10.1. The molecule has 1 heterocycles. The van der Waals surface area contributed by atoms with Crippen LogP contribution in [0.15, 0.2) is 53.6 Å². The Labute approximate surface area is 150 Å². The van der Waals surface area contributed by atoms with E-state index in [9.17, 15) is 4.79 Å². The second-order valence-electron chi connectivity index (χ2n) is 5.71. The van der Waals surface area contributed by atoms with Crippen molar-refractivity contribution in [2.45, 2.75) is 18.2 Å². The summed E-state index contributed by atoms with van der Waals surface area (Å²) in [6, 6.07) is 14.0. The average Bonchev–Trinajstić information content (AvgIpc) is 2.97. The summed E-state index contributed by atoms with van der Waals surface area (Å²) < 4.78 is 0. The van der Waals surface area contributed by atoms with E-state index in [0.717, 1.165) is 27.2 Å². The minimum absolute atomic E-state index is 0.0541. The van der Waals surface area contributed by atoms with Crippen LogP contribution in [0.3, 0.4) is 0 Å². The molecule has 0 unspecified atom stereocenters. The molecule has 0 atom stereocenters. The standard InChI is InChI=1S/C19H19ClN2OS/c1-13-2-5-16(6-3-13)24-12-19(23)21-9-8-14-11-22-18-7-4-15(20)10-17(14)18/h2-7,10-11,22H,8-9,12H2,1H3,(H,21,23). The van der Waals surface area contributed by atoms with Gasteiger partial charge >= 0.3 is 0 Å². The number of thioether (sulfide) groups is 1. The zero-order chi connectivity index (χ0) is 16.9. The number of benzene rings is 2. The molecule has 2 aromatic carbocycles. The van der Waals surface area contributed by atoms with Crippen LogP contribution in [0.2, 0.25) is 5.02 Å². The normalized spacial score (nSPS) is 10.9. The first kappa shape index (κ1) is 16.9.